The number of fused-ring (bicyclic) bond motifs is 3. The van der Waals surface area contributed by atoms with E-state index >= 15 is 0 Å². The molecular weight excluding hydrogens is 358 g/mol. The number of nitrogens with zero attached hydrogens (tertiary/aromatic N) is 1. The first-order valence-corrected chi connectivity index (χ1v) is 9.28. The van der Waals surface area contributed by atoms with E-state index in [9.17, 15) is 14.4 Å². The molecule has 1 amide bonds. The summed E-state index contributed by atoms with van der Waals surface area (Å²) in [5, 5.41) is 0. The zero-order chi connectivity index (χ0) is 19.8. The van der Waals surface area contributed by atoms with E-state index in [0.29, 0.717) is 0 Å². The highest BCUT2D eigenvalue weighted by Crippen LogP contribution is 2.39. The largest absolute Gasteiger partial charge is 0.466 e. The molecule has 0 aromatic heterocycles. The average Bonchev–Trinajstić information content (AvgIpc) is 3.27. The van der Waals surface area contributed by atoms with Crippen molar-refractivity contribution in [1.82, 2.24) is 0 Å². The van der Waals surface area contributed by atoms with Gasteiger partial charge in [-0.2, -0.15) is 0 Å². The highest BCUT2D eigenvalue weighted by atomic mass is 16.6. The topological polar surface area (TPSA) is 72.9 Å². The summed E-state index contributed by atoms with van der Waals surface area (Å²) in [6.45, 7) is 1.70. The van der Waals surface area contributed by atoms with Gasteiger partial charge in [-0.1, -0.05) is 30.3 Å². The number of amides is 1. The van der Waals surface area contributed by atoms with Crippen LogP contribution in [0.1, 0.15) is 24.5 Å². The van der Waals surface area contributed by atoms with Crippen molar-refractivity contribution in [2.45, 2.75) is 25.9 Å². The number of ether oxygens (including phenoxy) is 2. The lowest BCUT2D eigenvalue weighted by atomic mass is 10.1. The summed E-state index contributed by atoms with van der Waals surface area (Å²) in [7, 11) is 1.24. The smallest absolute Gasteiger partial charge is 0.346 e. The third kappa shape index (κ3) is 3.15. The predicted molar refractivity (Wildman–Crippen MR) is 103 cm³/mol. The number of carbonyl (C=O) groups excluding carboxylic acids is 3. The number of benzene rings is 2. The third-order valence-corrected chi connectivity index (χ3v) is 5.37. The number of anilines is 1. The van der Waals surface area contributed by atoms with E-state index in [4.69, 9.17) is 4.74 Å². The molecule has 2 atom stereocenters. The second-order valence-electron chi connectivity index (χ2n) is 7.18. The van der Waals surface area contributed by atoms with Gasteiger partial charge in [0.1, 0.15) is 0 Å². The van der Waals surface area contributed by atoms with Crippen molar-refractivity contribution >= 4 is 23.5 Å². The highest BCUT2D eigenvalue weighted by Gasteiger charge is 2.37. The number of methoxy groups -OCH3 is 1. The van der Waals surface area contributed by atoms with Crippen molar-refractivity contribution in [1.29, 1.82) is 0 Å². The van der Waals surface area contributed by atoms with Gasteiger partial charge in [-0.05, 0) is 47.7 Å². The molecule has 0 bridgehead atoms. The maximum Gasteiger partial charge on any atom is 0.346 e. The maximum absolute atomic E-state index is 12.5. The Morgan fingerprint density at radius 1 is 1.11 bits per heavy atom. The van der Waals surface area contributed by atoms with Crippen molar-refractivity contribution in [3.63, 3.8) is 0 Å². The van der Waals surface area contributed by atoms with Crippen molar-refractivity contribution in [2.24, 2.45) is 5.92 Å². The summed E-state index contributed by atoms with van der Waals surface area (Å²) >= 11 is 0. The maximum atomic E-state index is 12.5. The average molecular weight is 379 g/mol. The first-order chi connectivity index (χ1) is 13.5. The molecule has 0 saturated carbocycles. The minimum atomic E-state index is -0.986. The van der Waals surface area contributed by atoms with Crippen molar-refractivity contribution in [3.8, 4) is 11.1 Å². The van der Waals surface area contributed by atoms with E-state index in [1.165, 1.54) is 36.3 Å². The van der Waals surface area contributed by atoms with Gasteiger partial charge >= 0.3 is 11.9 Å². The summed E-state index contributed by atoms with van der Waals surface area (Å²) in [6, 6.07) is 14.3. The number of hydrogen-bond acceptors (Lipinski definition) is 5. The van der Waals surface area contributed by atoms with Crippen LogP contribution >= 0.6 is 0 Å². The molecule has 2 aromatic carbocycles. The predicted octanol–water partition coefficient (Wildman–Crippen LogP) is 2.72. The normalized spacial score (nSPS) is 18.4. The van der Waals surface area contributed by atoms with Crippen LogP contribution in [-0.2, 0) is 30.3 Å². The van der Waals surface area contributed by atoms with Gasteiger partial charge in [-0.3, -0.25) is 9.59 Å². The van der Waals surface area contributed by atoms with Crippen LogP contribution in [0.15, 0.2) is 42.5 Å². The molecule has 2 unspecified atom stereocenters. The van der Waals surface area contributed by atoms with Gasteiger partial charge in [-0.15, -0.1) is 0 Å². The van der Waals surface area contributed by atoms with E-state index < -0.39 is 24.0 Å². The summed E-state index contributed by atoms with van der Waals surface area (Å²) in [6.07, 6.45) is -0.0757. The second-order valence-corrected chi connectivity index (χ2v) is 7.18. The molecule has 2 aliphatic rings. The number of esters is 2. The first-order valence-electron chi connectivity index (χ1n) is 9.28. The molecule has 6 nitrogen and oxygen atoms in total. The molecule has 2 aromatic rings. The quantitative estimate of drug-likeness (QED) is 0.652. The number of carbonyl (C=O) groups is 3. The fraction of sp³-hybridized carbons (Fsp3) is 0.318. The minimum absolute atomic E-state index is 0.0734. The molecule has 28 heavy (non-hydrogen) atoms. The highest BCUT2D eigenvalue weighted by molar-refractivity contribution is 6.00. The Balaban J connectivity index is 1.49. The van der Waals surface area contributed by atoms with Gasteiger partial charge in [0.25, 0.3) is 0 Å². The second kappa shape index (κ2) is 7.11. The van der Waals surface area contributed by atoms with Gasteiger partial charge in [0, 0.05) is 18.7 Å². The molecule has 6 heteroatoms. The monoisotopic (exact) mass is 379 g/mol. The molecule has 0 radical (unpaired) electrons. The number of rotatable bonds is 4. The zero-order valence-electron chi connectivity index (χ0n) is 15.8. The first kappa shape index (κ1) is 18.2. The molecule has 1 aliphatic carbocycles. The van der Waals surface area contributed by atoms with Crippen LogP contribution in [-0.4, -0.2) is 37.6 Å². The zero-order valence-corrected chi connectivity index (χ0v) is 15.8. The number of hydrogen-bond donors (Lipinski definition) is 0. The Morgan fingerprint density at radius 3 is 2.64 bits per heavy atom. The van der Waals surface area contributed by atoms with Gasteiger partial charge < -0.3 is 14.4 Å². The molecule has 1 fully saturated rings. The SMILES string of the molecule is COC(=O)C(C)OC(=O)C1CC(=O)N(c2ccc3c(c2)Cc2ccccc2-3)C1. The van der Waals surface area contributed by atoms with Crippen LogP contribution in [0.5, 0.6) is 0 Å². The summed E-state index contributed by atoms with van der Waals surface area (Å²) < 4.78 is 9.71. The van der Waals surface area contributed by atoms with E-state index in [-0.39, 0.29) is 18.9 Å². The van der Waals surface area contributed by atoms with Crippen LogP contribution in [0, 0.1) is 5.92 Å². The Labute approximate surface area is 163 Å². The molecule has 1 saturated heterocycles. The summed E-state index contributed by atoms with van der Waals surface area (Å²) in [4.78, 5) is 37.9. The van der Waals surface area contributed by atoms with Crippen LogP contribution in [0.4, 0.5) is 5.69 Å². The third-order valence-electron chi connectivity index (χ3n) is 5.37. The molecular formula is C22H21NO5. The Hall–Kier alpha value is -3.15. The Kier molecular flexibility index (Phi) is 4.63. The van der Waals surface area contributed by atoms with E-state index in [1.807, 2.05) is 30.3 Å². The summed E-state index contributed by atoms with van der Waals surface area (Å²) in [5.41, 5.74) is 5.66. The molecule has 4 rings (SSSR count). The van der Waals surface area contributed by atoms with Crippen LogP contribution in [0.3, 0.4) is 0 Å². The lowest BCUT2D eigenvalue weighted by Gasteiger charge is -2.18. The molecule has 0 spiro atoms. The summed E-state index contributed by atoms with van der Waals surface area (Å²) in [5.74, 6) is -1.89. The van der Waals surface area contributed by atoms with E-state index in [1.54, 1.807) is 4.90 Å². The molecule has 0 N–H and O–H groups in total. The Bertz CT molecular complexity index is 967. The lowest BCUT2D eigenvalue weighted by Crippen LogP contribution is -2.30. The van der Waals surface area contributed by atoms with Crippen LogP contribution in [0.2, 0.25) is 0 Å². The van der Waals surface area contributed by atoms with Gasteiger partial charge in [0.05, 0.1) is 13.0 Å². The fourth-order valence-electron chi connectivity index (χ4n) is 3.90. The minimum Gasteiger partial charge on any atom is -0.466 e. The fourth-order valence-corrected chi connectivity index (χ4v) is 3.90. The Morgan fingerprint density at radius 2 is 1.86 bits per heavy atom. The van der Waals surface area contributed by atoms with E-state index in [2.05, 4.69) is 16.9 Å². The van der Waals surface area contributed by atoms with Gasteiger partial charge in [-0.25, -0.2) is 4.79 Å². The van der Waals surface area contributed by atoms with Gasteiger partial charge in [0.2, 0.25) is 5.91 Å². The molecule has 1 aliphatic heterocycles. The molecule has 1 heterocycles. The van der Waals surface area contributed by atoms with Crippen LogP contribution in [0.25, 0.3) is 11.1 Å². The van der Waals surface area contributed by atoms with Gasteiger partial charge in [0.15, 0.2) is 6.10 Å². The van der Waals surface area contributed by atoms with Crippen LogP contribution < -0.4 is 4.90 Å². The van der Waals surface area contributed by atoms with Crippen molar-refractivity contribution < 1.29 is 23.9 Å². The van der Waals surface area contributed by atoms with E-state index in [0.717, 1.165) is 12.1 Å². The molecule has 144 valence electrons. The van der Waals surface area contributed by atoms with Crippen molar-refractivity contribution in [2.75, 3.05) is 18.6 Å². The lowest BCUT2D eigenvalue weighted by molar-refractivity contribution is -0.167. The van der Waals surface area contributed by atoms with Crippen molar-refractivity contribution in [3.05, 3.63) is 53.6 Å². The standard InChI is InChI=1S/C22H21NO5/c1-13(21(25)27-2)28-22(26)16-11-20(24)23(12-16)17-7-8-19-15(10-17)9-14-5-3-4-6-18(14)19/h3-8,10,13,16H,9,11-12H2,1-2H3.